The Labute approximate surface area is 127 Å². The summed E-state index contributed by atoms with van der Waals surface area (Å²) in [5.74, 6) is 0.317. The van der Waals surface area contributed by atoms with Crippen molar-refractivity contribution in [3.05, 3.63) is 0 Å². The molecule has 1 saturated heterocycles. The van der Waals surface area contributed by atoms with E-state index in [1.165, 1.54) is 0 Å². The van der Waals surface area contributed by atoms with Gasteiger partial charge in [0.2, 0.25) is 11.8 Å². The fourth-order valence-electron chi connectivity index (χ4n) is 2.41. The minimum absolute atomic E-state index is 0.0624. The summed E-state index contributed by atoms with van der Waals surface area (Å²) in [7, 11) is 1.64. The Balaban J connectivity index is 2.18. The van der Waals surface area contributed by atoms with Crippen molar-refractivity contribution in [2.75, 3.05) is 46.4 Å². The summed E-state index contributed by atoms with van der Waals surface area (Å²) in [6, 6.07) is 0. The number of nitrogens with zero attached hydrogens (tertiary/aromatic N) is 1. The average Bonchev–Trinajstić information content (AvgIpc) is 2.51. The third-order valence-electron chi connectivity index (χ3n) is 3.81. The van der Waals surface area contributed by atoms with Gasteiger partial charge in [0.15, 0.2) is 0 Å². The molecule has 0 aromatic heterocycles. The largest absolute Gasteiger partial charge is 0.383 e. The number of carbonyl (C=O) groups is 2. The molecule has 0 radical (unpaired) electrons. The smallest absolute Gasteiger partial charge is 0.236 e. The topological polar surface area (TPSA) is 70.7 Å². The van der Waals surface area contributed by atoms with E-state index in [-0.39, 0.29) is 17.7 Å². The summed E-state index contributed by atoms with van der Waals surface area (Å²) in [6.45, 7) is 5.85. The molecule has 122 valence electrons. The van der Waals surface area contributed by atoms with Crippen LogP contribution in [0.3, 0.4) is 0 Å². The third kappa shape index (κ3) is 6.91. The molecule has 0 unspecified atom stereocenters. The number of nitrogens with one attached hydrogen (secondary N) is 2. The first-order valence-electron chi connectivity index (χ1n) is 7.94. The van der Waals surface area contributed by atoms with E-state index in [9.17, 15) is 9.59 Å². The molecule has 1 aliphatic rings. The molecule has 0 aromatic carbocycles. The molecule has 1 heterocycles. The lowest BCUT2D eigenvalue weighted by atomic mass is 9.96. The summed E-state index contributed by atoms with van der Waals surface area (Å²) in [5.41, 5.74) is 0. The van der Waals surface area contributed by atoms with Gasteiger partial charge >= 0.3 is 0 Å². The highest BCUT2D eigenvalue weighted by Crippen LogP contribution is 2.17. The molecule has 2 N–H and O–H groups in total. The standard InChI is InChI=1S/C15H29N3O3/c1-3-4-7-17-15(20)13-5-9-18(10-6-13)14(19)12-16-8-11-21-2/h13,16H,3-12H2,1-2H3,(H,17,20). The van der Waals surface area contributed by atoms with Crippen molar-refractivity contribution in [2.45, 2.75) is 32.6 Å². The van der Waals surface area contributed by atoms with Crippen LogP contribution in [0.15, 0.2) is 0 Å². The van der Waals surface area contributed by atoms with Crippen molar-refractivity contribution in [2.24, 2.45) is 5.92 Å². The molecule has 0 saturated carbocycles. The predicted molar refractivity (Wildman–Crippen MR) is 82.0 cm³/mol. The van der Waals surface area contributed by atoms with Crippen LogP contribution in [0.5, 0.6) is 0 Å². The van der Waals surface area contributed by atoms with Gasteiger partial charge < -0.3 is 20.3 Å². The van der Waals surface area contributed by atoms with Gasteiger partial charge in [0.25, 0.3) is 0 Å². The van der Waals surface area contributed by atoms with Gasteiger partial charge in [-0.2, -0.15) is 0 Å². The van der Waals surface area contributed by atoms with Crippen LogP contribution < -0.4 is 10.6 Å². The lowest BCUT2D eigenvalue weighted by Gasteiger charge is -2.31. The highest BCUT2D eigenvalue weighted by atomic mass is 16.5. The fraction of sp³-hybridized carbons (Fsp3) is 0.867. The van der Waals surface area contributed by atoms with Gasteiger partial charge in [-0.1, -0.05) is 13.3 Å². The number of unbranched alkanes of at least 4 members (excludes halogenated alkanes) is 1. The molecule has 6 heteroatoms. The van der Waals surface area contributed by atoms with Crippen LogP contribution in [0.1, 0.15) is 32.6 Å². The van der Waals surface area contributed by atoms with Crippen molar-refractivity contribution < 1.29 is 14.3 Å². The van der Waals surface area contributed by atoms with Crippen LogP contribution >= 0.6 is 0 Å². The second-order valence-electron chi connectivity index (χ2n) is 5.47. The molecule has 6 nitrogen and oxygen atoms in total. The lowest BCUT2D eigenvalue weighted by Crippen LogP contribution is -2.46. The number of amides is 2. The van der Waals surface area contributed by atoms with Gasteiger partial charge in [0.05, 0.1) is 13.2 Å². The fourth-order valence-corrected chi connectivity index (χ4v) is 2.41. The summed E-state index contributed by atoms with van der Waals surface area (Å²) < 4.78 is 4.92. The van der Waals surface area contributed by atoms with Crippen molar-refractivity contribution >= 4 is 11.8 Å². The Morgan fingerprint density at radius 2 is 1.95 bits per heavy atom. The lowest BCUT2D eigenvalue weighted by molar-refractivity contribution is -0.134. The average molecular weight is 299 g/mol. The minimum Gasteiger partial charge on any atom is -0.383 e. The molecule has 0 atom stereocenters. The molecule has 21 heavy (non-hydrogen) atoms. The van der Waals surface area contributed by atoms with Gasteiger partial charge in [-0.25, -0.2) is 0 Å². The van der Waals surface area contributed by atoms with Crippen molar-refractivity contribution in [1.29, 1.82) is 0 Å². The van der Waals surface area contributed by atoms with Gasteiger partial charge in [0.1, 0.15) is 0 Å². The second-order valence-corrected chi connectivity index (χ2v) is 5.47. The van der Waals surface area contributed by atoms with Crippen molar-refractivity contribution in [3.8, 4) is 0 Å². The summed E-state index contributed by atoms with van der Waals surface area (Å²) in [4.78, 5) is 25.8. The summed E-state index contributed by atoms with van der Waals surface area (Å²) >= 11 is 0. The summed E-state index contributed by atoms with van der Waals surface area (Å²) in [5, 5.41) is 6.03. The number of hydrogen-bond acceptors (Lipinski definition) is 4. The van der Waals surface area contributed by atoms with E-state index in [1.807, 2.05) is 4.90 Å². The van der Waals surface area contributed by atoms with E-state index < -0.39 is 0 Å². The second kappa shape index (κ2) is 10.6. The molecule has 2 amide bonds. The predicted octanol–water partition coefficient (Wildman–Crippen LogP) is 0.377. The number of hydrogen-bond donors (Lipinski definition) is 2. The SMILES string of the molecule is CCCCNC(=O)C1CCN(C(=O)CNCCOC)CC1. The first-order valence-corrected chi connectivity index (χ1v) is 7.94. The van der Waals surface area contributed by atoms with Crippen LogP contribution in [-0.2, 0) is 14.3 Å². The zero-order valence-corrected chi connectivity index (χ0v) is 13.3. The van der Waals surface area contributed by atoms with E-state index in [4.69, 9.17) is 4.74 Å². The molecular weight excluding hydrogens is 270 g/mol. The highest BCUT2D eigenvalue weighted by molar-refractivity contribution is 5.80. The van der Waals surface area contributed by atoms with E-state index in [0.29, 0.717) is 32.8 Å². The Bertz CT molecular complexity index is 315. The van der Waals surface area contributed by atoms with Crippen LogP contribution in [0.25, 0.3) is 0 Å². The third-order valence-corrected chi connectivity index (χ3v) is 3.81. The van der Waals surface area contributed by atoms with Crippen LogP contribution in [0, 0.1) is 5.92 Å². The maximum Gasteiger partial charge on any atom is 0.236 e. The van der Waals surface area contributed by atoms with Gasteiger partial charge in [-0.15, -0.1) is 0 Å². The quantitative estimate of drug-likeness (QED) is 0.604. The Morgan fingerprint density at radius 3 is 2.57 bits per heavy atom. The number of ether oxygens (including phenoxy) is 1. The normalized spacial score (nSPS) is 16.0. The maximum absolute atomic E-state index is 12.0. The Kier molecular flexibility index (Phi) is 9.01. The molecule has 1 aliphatic heterocycles. The highest BCUT2D eigenvalue weighted by Gasteiger charge is 2.26. The van der Waals surface area contributed by atoms with Gasteiger partial charge in [0, 0.05) is 39.2 Å². The Morgan fingerprint density at radius 1 is 1.24 bits per heavy atom. The molecule has 0 bridgehead atoms. The maximum atomic E-state index is 12.0. The molecule has 0 aromatic rings. The van der Waals surface area contributed by atoms with Crippen LogP contribution in [-0.4, -0.2) is 63.2 Å². The first kappa shape index (κ1) is 17.9. The number of carbonyl (C=O) groups excluding carboxylic acids is 2. The monoisotopic (exact) mass is 299 g/mol. The number of rotatable bonds is 9. The molecule has 0 aliphatic carbocycles. The van der Waals surface area contributed by atoms with Crippen molar-refractivity contribution in [3.63, 3.8) is 0 Å². The number of likely N-dealkylation sites (tertiary alicyclic amines) is 1. The molecule has 1 fully saturated rings. The molecule has 1 rings (SSSR count). The van der Waals surface area contributed by atoms with E-state index >= 15 is 0 Å². The van der Waals surface area contributed by atoms with Crippen LogP contribution in [0.2, 0.25) is 0 Å². The zero-order valence-electron chi connectivity index (χ0n) is 13.3. The van der Waals surface area contributed by atoms with Gasteiger partial charge in [-0.05, 0) is 19.3 Å². The number of methoxy groups -OCH3 is 1. The Hall–Kier alpha value is -1.14. The van der Waals surface area contributed by atoms with Gasteiger partial charge in [-0.3, -0.25) is 9.59 Å². The summed E-state index contributed by atoms with van der Waals surface area (Å²) in [6.07, 6.45) is 3.64. The molecular formula is C15H29N3O3. The van der Waals surface area contributed by atoms with E-state index in [0.717, 1.165) is 32.2 Å². The zero-order chi connectivity index (χ0) is 15.5. The molecule has 0 spiro atoms. The minimum atomic E-state index is 0.0624. The van der Waals surface area contributed by atoms with E-state index in [1.54, 1.807) is 7.11 Å². The van der Waals surface area contributed by atoms with E-state index in [2.05, 4.69) is 17.6 Å². The number of piperidine rings is 1. The van der Waals surface area contributed by atoms with Crippen LogP contribution in [0.4, 0.5) is 0 Å². The first-order chi connectivity index (χ1) is 10.2. The van der Waals surface area contributed by atoms with Crippen molar-refractivity contribution in [1.82, 2.24) is 15.5 Å².